The number of para-hydroxylation sites is 1. The van der Waals surface area contributed by atoms with E-state index in [2.05, 4.69) is 47.5 Å². The number of nitrogens with one attached hydrogen (secondary N) is 1. The van der Waals surface area contributed by atoms with Gasteiger partial charge in [-0.15, -0.1) is 0 Å². The Morgan fingerprint density at radius 3 is 2.56 bits per heavy atom. The van der Waals surface area contributed by atoms with Gasteiger partial charge in [-0.1, -0.05) is 54.6 Å². The SMILES string of the molecule is Cc1c(-c2ccc(CC3=CCCC=C3)cc2)[nH]c2ccccc2c1=O. The molecule has 1 N–H and O–H groups in total. The summed E-state index contributed by atoms with van der Waals surface area (Å²) in [6, 6.07) is 16.2. The third-order valence-electron chi connectivity index (χ3n) is 4.87. The van der Waals surface area contributed by atoms with E-state index in [1.54, 1.807) is 0 Å². The van der Waals surface area contributed by atoms with Crippen molar-refractivity contribution >= 4 is 10.9 Å². The van der Waals surface area contributed by atoms with Gasteiger partial charge >= 0.3 is 0 Å². The fraction of sp³-hybridized carbons (Fsp3) is 0.174. The molecule has 124 valence electrons. The van der Waals surface area contributed by atoms with E-state index in [-0.39, 0.29) is 5.43 Å². The highest BCUT2D eigenvalue weighted by molar-refractivity contribution is 5.83. The minimum Gasteiger partial charge on any atom is -0.354 e. The van der Waals surface area contributed by atoms with Crippen LogP contribution in [0.25, 0.3) is 22.2 Å². The number of fused-ring (bicyclic) bond motifs is 1. The number of allylic oxidation sites excluding steroid dienone is 4. The second-order valence-corrected chi connectivity index (χ2v) is 6.63. The second-order valence-electron chi connectivity index (χ2n) is 6.63. The molecule has 0 radical (unpaired) electrons. The largest absolute Gasteiger partial charge is 0.354 e. The molecule has 2 heteroatoms. The number of H-pyrrole nitrogens is 1. The molecule has 2 aromatic carbocycles. The molecule has 4 rings (SSSR count). The van der Waals surface area contributed by atoms with Crippen LogP contribution in [0, 0.1) is 6.92 Å². The summed E-state index contributed by atoms with van der Waals surface area (Å²) in [5.41, 5.74) is 6.39. The van der Waals surface area contributed by atoms with Crippen molar-refractivity contribution < 1.29 is 0 Å². The Morgan fingerprint density at radius 1 is 1.00 bits per heavy atom. The van der Waals surface area contributed by atoms with Crippen LogP contribution in [0.4, 0.5) is 0 Å². The van der Waals surface area contributed by atoms with Crippen LogP contribution in [0.5, 0.6) is 0 Å². The molecule has 0 amide bonds. The molecule has 1 aliphatic rings. The van der Waals surface area contributed by atoms with Crippen LogP contribution in [0.1, 0.15) is 24.0 Å². The molecule has 1 aliphatic carbocycles. The molecule has 0 aliphatic heterocycles. The van der Waals surface area contributed by atoms with E-state index in [1.165, 1.54) is 11.1 Å². The zero-order valence-corrected chi connectivity index (χ0v) is 14.4. The maximum Gasteiger partial charge on any atom is 0.192 e. The molecule has 1 aromatic heterocycles. The summed E-state index contributed by atoms with van der Waals surface area (Å²) in [5, 5.41) is 0.747. The Labute approximate surface area is 147 Å². The number of rotatable bonds is 3. The fourth-order valence-corrected chi connectivity index (χ4v) is 3.45. The predicted molar refractivity (Wildman–Crippen MR) is 105 cm³/mol. The number of hydrogen-bond acceptors (Lipinski definition) is 1. The molecule has 25 heavy (non-hydrogen) atoms. The molecule has 3 aromatic rings. The van der Waals surface area contributed by atoms with Gasteiger partial charge in [-0.25, -0.2) is 0 Å². The van der Waals surface area contributed by atoms with Gasteiger partial charge < -0.3 is 4.98 Å². The lowest BCUT2D eigenvalue weighted by molar-refractivity contribution is 0.994. The molecule has 0 saturated heterocycles. The summed E-state index contributed by atoms with van der Waals surface area (Å²) in [4.78, 5) is 16.0. The van der Waals surface area contributed by atoms with Crippen LogP contribution >= 0.6 is 0 Å². The van der Waals surface area contributed by atoms with Crippen LogP contribution in [0.15, 0.2) is 77.1 Å². The number of pyridine rings is 1. The van der Waals surface area contributed by atoms with Crippen molar-refractivity contribution in [2.75, 3.05) is 0 Å². The Kier molecular flexibility index (Phi) is 4.10. The zero-order valence-electron chi connectivity index (χ0n) is 14.4. The van der Waals surface area contributed by atoms with Gasteiger partial charge in [0.2, 0.25) is 0 Å². The van der Waals surface area contributed by atoms with Crippen molar-refractivity contribution in [2.45, 2.75) is 26.2 Å². The zero-order chi connectivity index (χ0) is 17.2. The van der Waals surface area contributed by atoms with E-state index in [0.29, 0.717) is 0 Å². The highest BCUT2D eigenvalue weighted by Crippen LogP contribution is 2.23. The van der Waals surface area contributed by atoms with Gasteiger partial charge in [0.05, 0.1) is 5.69 Å². The number of aromatic nitrogens is 1. The Hall–Kier alpha value is -2.87. The summed E-state index contributed by atoms with van der Waals surface area (Å²) < 4.78 is 0. The average Bonchev–Trinajstić information content (AvgIpc) is 2.66. The fourth-order valence-electron chi connectivity index (χ4n) is 3.45. The average molecular weight is 327 g/mol. The van der Waals surface area contributed by atoms with Gasteiger partial charge in [-0.2, -0.15) is 0 Å². The summed E-state index contributed by atoms with van der Waals surface area (Å²) in [6.45, 7) is 1.89. The van der Waals surface area contributed by atoms with Crippen LogP contribution in [-0.2, 0) is 6.42 Å². The number of hydrogen-bond donors (Lipinski definition) is 1. The van der Waals surface area contributed by atoms with Crippen molar-refractivity contribution in [3.8, 4) is 11.3 Å². The maximum atomic E-state index is 12.6. The van der Waals surface area contributed by atoms with E-state index >= 15 is 0 Å². The predicted octanol–water partition coefficient (Wildman–Crippen LogP) is 5.32. The first-order chi connectivity index (χ1) is 12.2. The lowest BCUT2D eigenvalue weighted by Crippen LogP contribution is -2.09. The van der Waals surface area contributed by atoms with Gasteiger partial charge in [-0.3, -0.25) is 4.79 Å². The Morgan fingerprint density at radius 2 is 1.80 bits per heavy atom. The number of benzene rings is 2. The molecule has 0 fully saturated rings. The van der Waals surface area contributed by atoms with Crippen LogP contribution < -0.4 is 5.43 Å². The highest BCUT2D eigenvalue weighted by atomic mass is 16.1. The second kappa shape index (κ2) is 6.56. The molecule has 1 heterocycles. The van der Waals surface area contributed by atoms with E-state index < -0.39 is 0 Å². The van der Waals surface area contributed by atoms with E-state index in [0.717, 1.165) is 47.0 Å². The van der Waals surface area contributed by atoms with Gasteiger partial charge in [0.15, 0.2) is 5.43 Å². The summed E-state index contributed by atoms with van der Waals surface area (Å²) >= 11 is 0. The monoisotopic (exact) mass is 327 g/mol. The summed E-state index contributed by atoms with van der Waals surface area (Å²) in [6.07, 6.45) is 10.0. The summed E-state index contributed by atoms with van der Waals surface area (Å²) in [5.74, 6) is 0. The molecule has 0 unspecified atom stereocenters. The Bertz CT molecular complexity index is 1040. The maximum absolute atomic E-state index is 12.6. The first-order valence-electron chi connectivity index (χ1n) is 8.79. The molecule has 0 spiro atoms. The third-order valence-corrected chi connectivity index (χ3v) is 4.87. The van der Waals surface area contributed by atoms with Crippen molar-refractivity contribution in [1.82, 2.24) is 4.98 Å². The minimum atomic E-state index is 0.103. The smallest absolute Gasteiger partial charge is 0.192 e. The van der Waals surface area contributed by atoms with E-state index in [4.69, 9.17) is 0 Å². The molecule has 2 nitrogen and oxygen atoms in total. The van der Waals surface area contributed by atoms with Crippen molar-refractivity contribution in [3.05, 3.63) is 93.7 Å². The van der Waals surface area contributed by atoms with Crippen molar-refractivity contribution in [3.63, 3.8) is 0 Å². The third kappa shape index (κ3) is 3.08. The van der Waals surface area contributed by atoms with Gasteiger partial charge in [0.1, 0.15) is 0 Å². The van der Waals surface area contributed by atoms with Crippen LogP contribution in [-0.4, -0.2) is 4.98 Å². The molecule has 0 bridgehead atoms. The van der Waals surface area contributed by atoms with Crippen molar-refractivity contribution in [1.29, 1.82) is 0 Å². The first-order valence-corrected chi connectivity index (χ1v) is 8.79. The lowest BCUT2D eigenvalue weighted by Gasteiger charge is -2.11. The van der Waals surface area contributed by atoms with Crippen molar-refractivity contribution in [2.24, 2.45) is 0 Å². The minimum absolute atomic E-state index is 0.103. The highest BCUT2D eigenvalue weighted by Gasteiger charge is 2.10. The lowest BCUT2D eigenvalue weighted by atomic mass is 9.97. The molecule has 0 saturated carbocycles. The normalized spacial score (nSPS) is 13.9. The summed E-state index contributed by atoms with van der Waals surface area (Å²) in [7, 11) is 0. The molecule has 0 atom stereocenters. The number of aromatic amines is 1. The van der Waals surface area contributed by atoms with Crippen LogP contribution in [0.3, 0.4) is 0 Å². The van der Waals surface area contributed by atoms with E-state index in [1.807, 2.05) is 31.2 Å². The molecular formula is C23H21NO. The van der Waals surface area contributed by atoms with Gasteiger partial charge in [0, 0.05) is 16.5 Å². The standard InChI is InChI=1S/C23H21NO/c1-16-22(24-21-10-6-5-9-20(21)23(16)25)19-13-11-18(12-14-19)15-17-7-3-2-4-8-17/h3,5-14H,2,4,15H2,1H3,(H,24,25). The van der Waals surface area contributed by atoms with Crippen LogP contribution in [0.2, 0.25) is 0 Å². The molecular weight excluding hydrogens is 306 g/mol. The first kappa shape index (κ1) is 15.6. The van der Waals surface area contributed by atoms with Gasteiger partial charge in [0.25, 0.3) is 0 Å². The van der Waals surface area contributed by atoms with Gasteiger partial charge in [-0.05, 0) is 55.0 Å². The van der Waals surface area contributed by atoms with E-state index in [9.17, 15) is 4.79 Å². The Balaban J connectivity index is 1.69. The quantitative estimate of drug-likeness (QED) is 0.693. The topological polar surface area (TPSA) is 32.9 Å².